The summed E-state index contributed by atoms with van der Waals surface area (Å²) in [5.74, 6) is 0. The number of carbonyl (C=O) groups is 1. The second kappa shape index (κ2) is 3.71. The lowest BCUT2D eigenvalue weighted by molar-refractivity contribution is 0.209. The molecule has 0 bridgehead atoms. The zero-order chi connectivity index (χ0) is 8.97. The Labute approximate surface area is 70.3 Å². The molecule has 64 valence electrons. The van der Waals surface area contributed by atoms with E-state index in [4.69, 9.17) is 5.11 Å². The number of carboxylic acid groups (broad SMARTS) is 1. The Balaban J connectivity index is 2.89. The molecule has 0 atom stereocenters. The molecule has 0 aliphatic heterocycles. The lowest BCUT2D eigenvalue weighted by atomic mass is 10.2. The van der Waals surface area contributed by atoms with Crippen LogP contribution < -0.4 is 5.32 Å². The number of aromatic nitrogens is 1. The monoisotopic (exact) mass is 166 g/mol. The van der Waals surface area contributed by atoms with Crippen LogP contribution in [0.25, 0.3) is 0 Å². The van der Waals surface area contributed by atoms with E-state index in [2.05, 4.69) is 10.3 Å². The molecular weight excluding hydrogens is 156 g/mol. The molecule has 1 amide bonds. The van der Waals surface area contributed by atoms with E-state index in [0.29, 0.717) is 5.69 Å². The number of amides is 1. The van der Waals surface area contributed by atoms with Crippen molar-refractivity contribution in [2.24, 2.45) is 0 Å². The molecule has 4 nitrogen and oxygen atoms in total. The highest BCUT2D eigenvalue weighted by molar-refractivity contribution is 5.83. The quantitative estimate of drug-likeness (QED) is 0.703. The van der Waals surface area contributed by atoms with Crippen molar-refractivity contribution in [3.05, 3.63) is 24.0 Å². The van der Waals surface area contributed by atoms with Crippen LogP contribution in [-0.4, -0.2) is 16.2 Å². The first-order valence-corrected chi connectivity index (χ1v) is 3.67. The molecule has 0 aromatic carbocycles. The number of aryl methyl sites for hydroxylation is 1. The van der Waals surface area contributed by atoms with Crippen molar-refractivity contribution in [1.82, 2.24) is 4.98 Å². The third kappa shape index (κ3) is 1.95. The maximum Gasteiger partial charge on any atom is 0.409 e. The second-order valence-electron chi connectivity index (χ2n) is 2.32. The van der Waals surface area contributed by atoms with Gasteiger partial charge in [-0.05, 0) is 18.1 Å². The van der Waals surface area contributed by atoms with Gasteiger partial charge in [0, 0.05) is 6.20 Å². The fourth-order valence-electron chi connectivity index (χ4n) is 0.959. The minimum Gasteiger partial charge on any atom is -0.465 e. The van der Waals surface area contributed by atoms with E-state index in [0.717, 1.165) is 12.0 Å². The Hall–Kier alpha value is -1.58. The van der Waals surface area contributed by atoms with Crippen LogP contribution in [0.5, 0.6) is 0 Å². The van der Waals surface area contributed by atoms with E-state index in [1.165, 1.54) is 6.20 Å². The molecule has 0 spiro atoms. The smallest absolute Gasteiger partial charge is 0.409 e. The Kier molecular flexibility index (Phi) is 2.63. The third-order valence-corrected chi connectivity index (χ3v) is 1.53. The molecule has 1 aromatic rings. The summed E-state index contributed by atoms with van der Waals surface area (Å²) in [6.07, 6.45) is 2.88. The summed E-state index contributed by atoms with van der Waals surface area (Å²) in [6, 6.07) is 1.80. The van der Waals surface area contributed by atoms with Crippen molar-refractivity contribution in [2.75, 3.05) is 5.32 Å². The van der Waals surface area contributed by atoms with Crippen molar-refractivity contribution in [3.8, 4) is 0 Å². The minimum absolute atomic E-state index is 0.563. The Bertz CT molecular complexity index is 286. The van der Waals surface area contributed by atoms with Crippen molar-refractivity contribution in [1.29, 1.82) is 0 Å². The molecule has 0 radical (unpaired) electrons. The van der Waals surface area contributed by atoms with Crippen LogP contribution >= 0.6 is 0 Å². The van der Waals surface area contributed by atoms with E-state index in [1.54, 1.807) is 12.3 Å². The van der Waals surface area contributed by atoms with Gasteiger partial charge in [-0.15, -0.1) is 0 Å². The average molecular weight is 166 g/mol. The molecule has 4 heteroatoms. The summed E-state index contributed by atoms with van der Waals surface area (Å²) in [4.78, 5) is 14.1. The summed E-state index contributed by atoms with van der Waals surface area (Å²) >= 11 is 0. The summed E-state index contributed by atoms with van der Waals surface area (Å²) in [7, 11) is 0. The second-order valence-corrected chi connectivity index (χ2v) is 2.32. The zero-order valence-electron chi connectivity index (χ0n) is 6.74. The topological polar surface area (TPSA) is 62.2 Å². The van der Waals surface area contributed by atoms with Gasteiger partial charge >= 0.3 is 6.09 Å². The molecule has 2 N–H and O–H groups in total. The number of nitrogens with zero attached hydrogens (tertiary/aromatic N) is 1. The number of rotatable bonds is 2. The molecule has 0 unspecified atom stereocenters. The maximum absolute atomic E-state index is 10.3. The van der Waals surface area contributed by atoms with Gasteiger partial charge in [-0.3, -0.25) is 10.3 Å². The maximum atomic E-state index is 10.3. The van der Waals surface area contributed by atoms with Gasteiger partial charge in [0.25, 0.3) is 0 Å². The normalized spacial score (nSPS) is 9.42. The van der Waals surface area contributed by atoms with E-state index in [9.17, 15) is 4.79 Å². The Morgan fingerprint density at radius 1 is 1.75 bits per heavy atom. The number of anilines is 1. The highest BCUT2D eigenvalue weighted by Gasteiger charge is 2.02. The molecule has 1 heterocycles. The largest absolute Gasteiger partial charge is 0.465 e. The van der Waals surface area contributed by atoms with Crippen LogP contribution in [0.1, 0.15) is 12.5 Å². The Morgan fingerprint density at radius 3 is 3.08 bits per heavy atom. The highest BCUT2D eigenvalue weighted by atomic mass is 16.4. The summed E-state index contributed by atoms with van der Waals surface area (Å²) < 4.78 is 0. The van der Waals surface area contributed by atoms with Gasteiger partial charge in [-0.2, -0.15) is 0 Å². The summed E-state index contributed by atoms with van der Waals surface area (Å²) in [5, 5.41) is 10.7. The molecule has 0 aliphatic rings. The molecule has 12 heavy (non-hydrogen) atoms. The lowest BCUT2D eigenvalue weighted by Crippen LogP contribution is -2.09. The van der Waals surface area contributed by atoms with Crippen molar-refractivity contribution in [3.63, 3.8) is 0 Å². The molecule has 1 rings (SSSR count). The minimum atomic E-state index is -1.06. The average Bonchev–Trinajstić information content (AvgIpc) is 2.04. The molecule has 0 saturated carbocycles. The number of nitrogens with one attached hydrogen (secondary N) is 1. The summed E-state index contributed by atoms with van der Waals surface area (Å²) in [6.45, 7) is 1.96. The van der Waals surface area contributed by atoms with Crippen LogP contribution in [0.4, 0.5) is 10.5 Å². The van der Waals surface area contributed by atoms with Gasteiger partial charge in [-0.1, -0.05) is 6.92 Å². The van der Waals surface area contributed by atoms with Crippen LogP contribution in [0.15, 0.2) is 18.5 Å². The zero-order valence-corrected chi connectivity index (χ0v) is 6.74. The number of pyridine rings is 1. The molecule has 1 aromatic heterocycles. The van der Waals surface area contributed by atoms with Gasteiger partial charge in [0.2, 0.25) is 0 Å². The Morgan fingerprint density at radius 2 is 2.50 bits per heavy atom. The van der Waals surface area contributed by atoms with Crippen molar-refractivity contribution in [2.45, 2.75) is 13.3 Å². The fraction of sp³-hybridized carbons (Fsp3) is 0.250. The van der Waals surface area contributed by atoms with Crippen LogP contribution in [0.2, 0.25) is 0 Å². The predicted octanol–water partition coefficient (Wildman–Crippen LogP) is 1.73. The third-order valence-electron chi connectivity index (χ3n) is 1.53. The van der Waals surface area contributed by atoms with Crippen molar-refractivity contribution < 1.29 is 9.90 Å². The van der Waals surface area contributed by atoms with Gasteiger partial charge in [0.15, 0.2) is 0 Å². The van der Waals surface area contributed by atoms with E-state index < -0.39 is 6.09 Å². The van der Waals surface area contributed by atoms with Gasteiger partial charge < -0.3 is 5.11 Å². The van der Waals surface area contributed by atoms with Gasteiger partial charge in [0.1, 0.15) is 0 Å². The standard InChI is InChI=1S/C8H10N2O2/c1-2-6-3-4-9-5-7(6)10-8(11)12/h3-5,10H,2H2,1H3,(H,11,12). The van der Waals surface area contributed by atoms with E-state index >= 15 is 0 Å². The highest BCUT2D eigenvalue weighted by Crippen LogP contribution is 2.12. The van der Waals surface area contributed by atoms with Gasteiger partial charge in [0.05, 0.1) is 11.9 Å². The van der Waals surface area contributed by atoms with Crippen LogP contribution in [-0.2, 0) is 6.42 Å². The first kappa shape index (κ1) is 8.52. The predicted molar refractivity (Wildman–Crippen MR) is 45.3 cm³/mol. The fourth-order valence-corrected chi connectivity index (χ4v) is 0.959. The van der Waals surface area contributed by atoms with E-state index in [1.807, 2.05) is 6.92 Å². The lowest BCUT2D eigenvalue weighted by Gasteiger charge is -2.04. The number of hydrogen-bond donors (Lipinski definition) is 2. The van der Waals surface area contributed by atoms with Crippen molar-refractivity contribution >= 4 is 11.8 Å². The first-order valence-electron chi connectivity index (χ1n) is 3.67. The van der Waals surface area contributed by atoms with E-state index in [-0.39, 0.29) is 0 Å². The summed E-state index contributed by atoms with van der Waals surface area (Å²) in [5.41, 5.74) is 1.51. The molecule has 0 aliphatic carbocycles. The number of hydrogen-bond acceptors (Lipinski definition) is 2. The first-order chi connectivity index (χ1) is 5.74. The molecule has 0 fully saturated rings. The van der Waals surface area contributed by atoms with Crippen LogP contribution in [0, 0.1) is 0 Å². The van der Waals surface area contributed by atoms with Gasteiger partial charge in [-0.25, -0.2) is 4.79 Å². The SMILES string of the molecule is CCc1ccncc1NC(=O)O. The molecule has 0 saturated heterocycles. The van der Waals surface area contributed by atoms with Crippen LogP contribution in [0.3, 0.4) is 0 Å². The molecular formula is C8H10N2O2.